The molecule has 0 spiro atoms. The summed E-state index contributed by atoms with van der Waals surface area (Å²) in [4.78, 5) is 3.54. The van der Waals surface area contributed by atoms with Crippen LogP contribution in [0.5, 0.6) is 0 Å². The number of halogens is 2. The van der Waals surface area contributed by atoms with Gasteiger partial charge in [0.15, 0.2) is 0 Å². The maximum atomic E-state index is 10.7. The Labute approximate surface area is 78.1 Å². The molecule has 0 bridgehead atoms. The zero-order valence-corrected chi connectivity index (χ0v) is 8.62. The number of H-pyrrole nitrogens is 1. The van der Waals surface area contributed by atoms with E-state index in [4.69, 9.17) is 0 Å². The first-order valence-corrected chi connectivity index (χ1v) is 4.96. The molecule has 0 aliphatic heterocycles. The Balaban J connectivity index is 0.000001000. The maximum Gasteiger partial charge on any atom is 0.243 e. The van der Waals surface area contributed by atoms with Crippen LogP contribution in [0.3, 0.4) is 0 Å². The molecule has 0 saturated carbocycles. The SMILES string of the molecule is CS(=O)(=O)c1nc(Br)n[nH]1.Cl. The molecule has 0 unspecified atom stereocenters. The van der Waals surface area contributed by atoms with Crippen molar-refractivity contribution in [2.75, 3.05) is 6.26 Å². The number of sulfone groups is 1. The smallest absolute Gasteiger partial charge is 0.243 e. The third kappa shape index (κ3) is 2.76. The fourth-order valence-corrected chi connectivity index (χ4v) is 1.24. The van der Waals surface area contributed by atoms with Crippen LogP contribution in [-0.2, 0) is 9.84 Å². The molecule has 0 aliphatic carbocycles. The Bertz CT molecular complexity index is 334. The van der Waals surface area contributed by atoms with Crippen LogP contribution in [0.2, 0.25) is 0 Å². The molecule has 0 saturated heterocycles. The normalized spacial score (nSPS) is 10.7. The van der Waals surface area contributed by atoms with Crippen molar-refractivity contribution in [2.45, 2.75) is 5.16 Å². The molecule has 11 heavy (non-hydrogen) atoms. The van der Waals surface area contributed by atoms with Crippen molar-refractivity contribution in [3.05, 3.63) is 4.73 Å². The molecule has 5 nitrogen and oxygen atoms in total. The first-order chi connectivity index (χ1) is 4.50. The summed E-state index contributed by atoms with van der Waals surface area (Å²) in [6, 6.07) is 0. The zero-order valence-electron chi connectivity index (χ0n) is 5.41. The number of hydrogen-bond donors (Lipinski definition) is 1. The summed E-state index contributed by atoms with van der Waals surface area (Å²) in [7, 11) is -3.24. The molecule has 0 fully saturated rings. The number of nitrogens with zero attached hydrogens (tertiary/aromatic N) is 2. The first kappa shape index (κ1) is 10.9. The minimum Gasteiger partial charge on any atom is -0.249 e. The second kappa shape index (κ2) is 3.51. The van der Waals surface area contributed by atoms with Crippen molar-refractivity contribution in [3.63, 3.8) is 0 Å². The van der Waals surface area contributed by atoms with Crippen LogP contribution in [0.1, 0.15) is 0 Å². The van der Waals surface area contributed by atoms with E-state index in [0.717, 1.165) is 6.26 Å². The van der Waals surface area contributed by atoms with Crippen LogP contribution in [0, 0.1) is 0 Å². The fraction of sp³-hybridized carbons (Fsp3) is 0.333. The van der Waals surface area contributed by atoms with Crippen LogP contribution >= 0.6 is 28.3 Å². The van der Waals surface area contributed by atoms with Gasteiger partial charge in [0.2, 0.25) is 19.7 Å². The van der Waals surface area contributed by atoms with Gasteiger partial charge in [-0.05, 0) is 15.9 Å². The van der Waals surface area contributed by atoms with E-state index < -0.39 is 9.84 Å². The number of nitrogens with one attached hydrogen (secondary N) is 1. The van der Waals surface area contributed by atoms with Crippen molar-refractivity contribution in [1.82, 2.24) is 15.2 Å². The van der Waals surface area contributed by atoms with Gasteiger partial charge in [0.05, 0.1) is 0 Å². The molecule has 8 heteroatoms. The Kier molecular flexibility index (Phi) is 3.46. The highest BCUT2D eigenvalue weighted by atomic mass is 79.9. The van der Waals surface area contributed by atoms with Crippen LogP contribution in [-0.4, -0.2) is 29.9 Å². The molecule has 1 aromatic heterocycles. The molecular formula is C3H5BrClN3O2S. The molecule has 1 aromatic rings. The van der Waals surface area contributed by atoms with Gasteiger partial charge >= 0.3 is 0 Å². The van der Waals surface area contributed by atoms with Crippen molar-refractivity contribution in [1.29, 1.82) is 0 Å². The molecule has 0 amide bonds. The summed E-state index contributed by atoms with van der Waals surface area (Å²) in [5, 5.41) is 5.61. The summed E-state index contributed by atoms with van der Waals surface area (Å²) in [6.45, 7) is 0. The lowest BCUT2D eigenvalue weighted by Crippen LogP contribution is -1.98. The largest absolute Gasteiger partial charge is 0.249 e. The van der Waals surface area contributed by atoms with E-state index in [1.165, 1.54) is 0 Å². The summed E-state index contributed by atoms with van der Waals surface area (Å²) >= 11 is 2.91. The van der Waals surface area contributed by atoms with Crippen molar-refractivity contribution >= 4 is 38.2 Å². The molecule has 0 aromatic carbocycles. The van der Waals surface area contributed by atoms with Crippen molar-refractivity contribution < 1.29 is 8.42 Å². The minimum atomic E-state index is -3.24. The van der Waals surface area contributed by atoms with Crippen molar-refractivity contribution in [2.24, 2.45) is 0 Å². The van der Waals surface area contributed by atoms with Crippen molar-refractivity contribution in [3.8, 4) is 0 Å². The molecule has 64 valence electrons. The highest BCUT2D eigenvalue weighted by Crippen LogP contribution is 2.04. The predicted molar refractivity (Wildman–Crippen MR) is 44.4 cm³/mol. The molecule has 1 N–H and O–H groups in total. The van der Waals surface area contributed by atoms with E-state index in [1.54, 1.807) is 0 Å². The van der Waals surface area contributed by atoms with Crippen LogP contribution in [0.15, 0.2) is 9.89 Å². The fourth-order valence-electron chi connectivity index (χ4n) is 0.394. The van der Waals surface area contributed by atoms with Crippen LogP contribution in [0.4, 0.5) is 0 Å². The second-order valence-electron chi connectivity index (χ2n) is 1.68. The Morgan fingerprint density at radius 2 is 2.09 bits per heavy atom. The van der Waals surface area contributed by atoms with Crippen LogP contribution in [0.25, 0.3) is 0 Å². The quantitative estimate of drug-likeness (QED) is 0.794. The Morgan fingerprint density at radius 1 is 1.55 bits per heavy atom. The topological polar surface area (TPSA) is 75.7 Å². The van der Waals surface area contributed by atoms with Gasteiger partial charge in [-0.2, -0.15) is 4.98 Å². The Morgan fingerprint density at radius 3 is 2.27 bits per heavy atom. The lowest BCUT2D eigenvalue weighted by Gasteiger charge is -1.84. The zero-order chi connectivity index (χ0) is 7.78. The number of hydrogen-bond acceptors (Lipinski definition) is 4. The molecule has 1 rings (SSSR count). The summed E-state index contributed by atoms with van der Waals surface area (Å²) in [5.74, 6) is 0. The average molecular weight is 263 g/mol. The average Bonchev–Trinajstić information content (AvgIpc) is 2.11. The van der Waals surface area contributed by atoms with Gasteiger partial charge in [0.25, 0.3) is 0 Å². The molecular weight excluding hydrogens is 257 g/mol. The highest BCUT2D eigenvalue weighted by molar-refractivity contribution is 9.10. The second-order valence-corrected chi connectivity index (χ2v) is 4.32. The lowest BCUT2D eigenvalue weighted by atomic mass is 11.3. The monoisotopic (exact) mass is 261 g/mol. The van der Waals surface area contributed by atoms with E-state index in [1.807, 2.05) is 0 Å². The minimum absolute atomic E-state index is 0. The number of rotatable bonds is 1. The third-order valence-electron chi connectivity index (χ3n) is 0.789. The summed E-state index contributed by atoms with van der Waals surface area (Å²) in [6.07, 6.45) is 1.06. The molecule has 0 radical (unpaired) electrons. The van der Waals surface area contributed by atoms with E-state index in [-0.39, 0.29) is 22.3 Å². The number of aromatic nitrogens is 3. The van der Waals surface area contributed by atoms with E-state index in [2.05, 4.69) is 31.1 Å². The number of aromatic amines is 1. The van der Waals surface area contributed by atoms with E-state index in [0.29, 0.717) is 0 Å². The predicted octanol–water partition coefficient (Wildman–Crippen LogP) is 0.392. The summed E-state index contributed by atoms with van der Waals surface area (Å²) in [5.41, 5.74) is 0. The first-order valence-electron chi connectivity index (χ1n) is 2.28. The van der Waals surface area contributed by atoms with Gasteiger partial charge in [-0.25, -0.2) is 13.5 Å². The van der Waals surface area contributed by atoms with Gasteiger partial charge in [0.1, 0.15) is 0 Å². The van der Waals surface area contributed by atoms with Crippen LogP contribution < -0.4 is 0 Å². The van der Waals surface area contributed by atoms with Gasteiger partial charge in [-0.15, -0.1) is 17.5 Å². The molecule has 1 heterocycles. The Hall–Kier alpha value is -0.140. The third-order valence-corrected chi connectivity index (χ3v) is 2.03. The van der Waals surface area contributed by atoms with E-state index in [9.17, 15) is 8.42 Å². The standard InChI is InChI=1S/C3H4BrN3O2S.ClH/c1-10(8,9)3-5-2(4)6-7-3;/h1H3,(H,5,6,7);1H. The lowest BCUT2D eigenvalue weighted by molar-refractivity contribution is 0.593. The summed E-state index contributed by atoms with van der Waals surface area (Å²) < 4.78 is 21.6. The van der Waals surface area contributed by atoms with Gasteiger partial charge in [-0.3, -0.25) is 0 Å². The van der Waals surface area contributed by atoms with Gasteiger partial charge in [-0.1, -0.05) is 0 Å². The highest BCUT2D eigenvalue weighted by Gasteiger charge is 2.11. The maximum absolute atomic E-state index is 10.7. The van der Waals surface area contributed by atoms with Gasteiger partial charge < -0.3 is 0 Å². The van der Waals surface area contributed by atoms with E-state index >= 15 is 0 Å². The molecule has 0 atom stereocenters. The molecule has 0 aliphatic rings. The van der Waals surface area contributed by atoms with Gasteiger partial charge in [0, 0.05) is 6.26 Å².